The SMILES string of the molecule is Cc1cc(OCCn2ccc3c(Cl)cccc3c2=O)ccc1N. The zero-order valence-corrected chi connectivity index (χ0v) is 13.5. The molecule has 0 saturated carbocycles. The van der Waals surface area contributed by atoms with Crippen molar-refractivity contribution < 1.29 is 4.74 Å². The summed E-state index contributed by atoms with van der Waals surface area (Å²) in [6.45, 7) is 2.79. The van der Waals surface area contributed by atoms with Crippen molar-refractivity contribution in [1.29, 1.82) is 0 Å². The fraction of sp³-hybridized carbons (Fsp3) is 0.167. The highest BCUT2D eigenvalue weighted by Gasteiger charge is 2.05. The molecule has 0 amide bonds. The minimum atomic E-state index is -0.0675. The number of nitrogen functional groups attached to an aromatic ring is 1. The first-order valence-electron chi connectivity index (χ1n) is 7.33. The van der Waals surface area contributed by atoms with Crippen LogP contribution in [0.25, 0.3) is 10.8 Å². The van der Waals surface area contributed by atoms with Gasteiger partial charge in [-0.2, -0.15) is 0 Å². The number of hydrogen-bond donors (Lipinski definition) is 1. The van der Waals surface area contributed by atoms with E-state index in [1.54, 1.807) is 29.0 Å². The monoisotopic (exact) mass is 328 g/mol. The maximum Gasteiger partial charge on any atom is 0.258 e. The highest BCUT2D eigenvalue weighted by molar-refractivity contribution is 6.35. The van der Waals surface area contributed by atoms with Crippen molar-refractivity contribution in [3.05, 3.63) is 69.6 Å². The molecule has 0 aliphatic rings. The molecular weight excluding hydrogens is 312 g/mol. The van der Waals surface area contributed by atoms with E-state index in [9.17, 15) is 4.79 Å². The van der Waals surface area contributed by atoms with Crippen molar-refractivity contribution in [1.82, 2.24) is 4.57 Å². The summed E-state index contributed by atoms with van der Waals surface area (Å²) in [7, 11) is 0. The normalized spacial score (nSPS) is 10.9. The van der Waals surface area contributed by atoms with Crippen LogP contribution < -0.4 is 16.0 Å². The molecule has 0 fully saturated rings. The van der Waals surface area contributed by atoms with Crippen molar-refractivity contribution in [3.8, 4) is 5.75 Å². The maximum absolute atomic E-state index is 12.5. The Bertz CT molecular complexity index is 919. The van der Waals surface area contributed by atoms with Crippen molar-refractivity contribution in [3.63, 3.8) is 0 Å². The molecule has 5 heteroatoms. The number of fused-ring (bicyclic) bond motifs is 1. The van der Waals surface area contributed by atoms with Crippen LogP contribution in [0.5, 0.6) is 5.75 Å². The second kappa shape index (κ2) is 6.34. The topological polar surface area (TPSA) is 57.2 Å². The van der Waals surface area contributed by atoms with E-state index in [1.807, 2.05) is 31.2 Å². The van der Waals surface area contributed by atoms with Crippen LogP contribution in [0.4, 0.5) is 5.69 Å². The second-order valence-electron chi connectivity index (χ2n) is 5.38. The predicted molar refractivity (Wildman–Crippen MR) is 94.3 cm³/mol. The summed E-state index contributed by atoms with van der Waals surface area (Å²) in [5.74, 6) is 0.744. The number of aryl methyl sites for hydroxylation is 1. The summed E-state index contributed by atoms with van der Waals surface area (Å²) in [5, 5.41) is 1.97. The van der Waals surface area contributed by atoms with Gasteiger partial charge in [-0.15, -0.1) is 0 Å². The molecule has 0 saturated heterocycles. The number of hydrogen-bond acceptors (Lipinski definition) is 3. The summed E-state index contributed by atoms with van der Waals surface area (Å²) in [5.41, 5.74) is 7.42. The lowest BCUT2D eigenvalue weighted by Gasteiger charge is -2.10. The highest BCUT2D eigenvalue weighted by Crippen LogP contribution is 2.20. The Hall–Kier alpha value is -2.46. The Labute approximate surface area is 139 Å². The number of nitrogens with two attached hydrogens (primary N) is 1. The molecular formula is C18H17ClN2O2. The molecule has 1 aromatic heterocycles. The van der Waals surface area contributed by atoms with E-state index in [4.69, 9.17) is 22.1 Å². The Kier molecular flexibility index (Phi) is 4.26. The summed E-state index contributed by atoms with van der Waals surface area (Å²) >= 11 is 6.11. The van der Waals surface area contributed by atoms with Gasteiger partial charge < -0.3 is 15.0 Å². The first kappa shape index (κ1) is 15.4. The number of anilines is 1. The van der Waals surface area contributed by atoms with Gasteiger partial charge in [-0.05, 0) is 48.9 Å². The third-order valence-corrected chi connectivity index (χ3v) is 4.14. The van der Waals surface area contributed by atoms with Crippen LogP contribution in [-0.2, 0) is 6.54 Å². The zero-order valence-electron chi connectivity index (χ0n) is 12.8. The van der Waals surface area contributed by atoms with Gasteiger partial charge in [0.2, 0.25) is 0 Å². The molecule has 0 aliphatic heterocycles. The van der Waals surface area contributed by atoms with Gasteiger partial charge in [0, 0.05) is 27.7 Å². The Morgan fingerprint density at radius 1 is 1.17 bits per heavy atom. The molecule has 3 rings (SSSR count). The number of rotatable bonds is 4. The van der Waals surface area contributed by atoms with E-state index in [0.29, 0.717) is 23.6 Å². The van der Waals surface area contributed by atoms with Crippen molar-refractivity contribution in [2.75, 3.05) is 12.3 Å². The second-order valence-corrected chi connectivity index (χ2v) is 5.79. The number of benzene rings is 2. The highest BCUT2D eigenvalue weighted by atomic mass is 35.5. The predicted octanol–water partition coefficient (Wildman–Crippen LogP) is 3.62. The average Bonchev–Trinajstić information content (AvgIpc) is 2.54. The number of aromatic nitrogens is 1. The summed E-state index contributed by atoms with van der Waals surface area (Å²) in [6.07, 6.45) is 1.74. The van der Waals surface area contributed by atoms with Gasteiger partial charge in [0.05, 0.1) is 6.54 Å². The van der Waals surface area contributed by atoms with Crippen LogP contribution in [-0.4, -0.2) is 11.2 Å². The molecule has 0 atom stereocenters. The van der Waals surface area contributed by atoms with Gasteiger partial charge >= 0.3 is 0 Å². The molecule has 2 aromatic carbocycles. The van der Waals surface area contributed by atoms with E-state index in [0.717, 1.165) is 22.4 Å². The third-order valence-electron chi connectivity index (χ3n) is 3.81. The van der Waals surface area contributed by atoms with Gasteiger partial charge in [0.15, 0.2) is 0 Å². The zero-order chi connectivity index (χ0) is 16.4. The molecule has 1 heterocycles. The Morgan fingerprint density at radius 3 is 2.78 bits per heavy atom. The number of nitrogens with zero attached hydrogens (tertiary/aromatic N) is 1. The molecule has 0 radical (unpaired) electrons. The van der Waals surface area contributed by atoms with Crippen LogP contribution in [0.1, 0.15) is 5.56 Å². The first-order valence-corrected chi connectivity index (χ1v) is 7.70. The van der Waals surface area contributed by atoms with Gasteiger partial charge in [-0.3, -0.25) is 4.79 Å². The van der Waals surface area contributed by atoms with E-state index in [-0.39, 0.29) is 5.56 Å². The first-order chi connectivity index (χ1) is 11.1. The van der Waals surface area contributed by atoms with Crippen LogP contribution in [0.3, 0.4) is 0 Å². The quantitative estimate of drug-likeness (QED) is 0.744. The summed E-state index contributed by atoms with van der Waals surface area (Å²) in [6, 6.07) is 12.7. The van der Waals surface area contributed by atoms with Crippen LogP contribution in [0, 0.1) is 6.92 Å². The lowest BCUT2D eigenvalue weighted by Crippen LogP contribution is -2.22. The fourth-order valence-corrected chi connectivity index (χ4v) is 2.69. The maximum atomic E-state index is 12.5. The lowest BCUT2D eigenvalue weighted by atomic mass is 10.2. The molecule has 0 bridgehead atoms. The third kappa shape index (κ3) is 3.17. The number of halogens is 1. The molecule has 23 heavy (non-hydrogen) atoms. The number of ether oxygens (including phenoxy) is 1. The van der Waals surface area contributed by atoms with E-state index in [1.165, 1.54) is 0 Å². The minimum absolute atomic E-state index is 0.0675. The van der Waals surface area contributed by atoms with Crippen molar-refractivity contribution in [2.24, 2.45) is 0 Å². The minimum Gasteiger partial charge on any atom is -0.492 e. The lowest BCUT2D eigenvalue weighted by molar-refractivity contribution is 0.296. The summed E-state index contributed by atoms with van der Waals surface area (Å²) in [4.78, 5) is 12.5. The van der Waals surface area contributed by atoms with Gasteiger partial charge in [0.1, 0.15) is 12.4 Å². The Morgan fingerprint density at radius 2 is 2.00 bits per heavy atom. The Balaban J connectivity index is 1.76. The molecule has 4 nitrogen and oxygen atoms in total. The molecule has 2 N–H and O–H groups in total. The smallest absolute Gasteiger partial charge is 0.258 e. The summed E-state index contributed by atoms with van der Waals surface area (Å²) < 4.78 is 7.32. The van der Waals surface area contributed by atoms with Gasteiger partial charge in [-0.25, -0.2) is 0 Å². The van der Waals surface area contributed by atoms with E-state index >= 15 is 0 Å². The van der Waals surface area contributed by atoms with Crippen molar-refractivity contribution >= 4 is 28.1 Å². The molecule has 3 aromatic rings. The average molecular weight is 329 g/mol. The van der Waals surface area contributed by atoms with Crippen LogP contribution in [0.15, 0.2) is 53.5 Å². The molecule has 0 spiro atoms. The largest absolute Gasteiger partial charge is 0.492 e. The number of pyridine rings is 1. The van der Waals surface area contributed by atoms with E-state index < -0.39 is 0 Å². The van der Waals surface area contributed by atoms with Crippen LogP contribution in [0.2, 0.25) is 5.02 Å². The van der Waals surface area contributed by atoms with Gasteiger partial charge in [-0.1, -0.05) is 17.7 Å². The standard InChI is InChI=1S/C18H17ClN2O2/c1-12-11-13(5-6-17(12)20)23-10-9-21-8-7-14-15(18(21)22)3-2-4-16(14)19/h2-8,11H,9-10,20H2,1H3. The molecule has 0 aliphatic carbocycles. The molecule has 0 unspecified atom stereocenters. The van der Waals surface area contributed by atoms with Gasteiger partial charge in [0.25, 0.3) is 5.56 Å². The molecule has 118 valence electrons. The fourth-order valence-electron chi connectivity index (χ4n) is 2.46. The van der Waals surface area contributed by atoms with E-state index in [2.05, 4.69) is 0 Å². The van der Waals surface area contributed by atoms with Crippen LogP contribution >= 0.6 is 11.6 Å². The van der Waals surface area contributed by atoms with Crippen molar-refractivity contribution in [2.45, 2.75) is 13.5 Å².